The molecule has 1 nitrogen and oxygen atoms in total. The number of allylic oxidation sites excluding steroid dienone is 2. The predicted octanol–water partition coefficient (Wildman–Crippen LogP) is 2.19. The van der Waals surface area contributed by atoms with E-state index >= 15 is 0 Å². The lowest BCUT2D eigenvalue weighted by molar-refractivity contribution is -0.0953. The maximum Gasteiger partial charge on any atom is 0.430 e. The molecule has 0 unspecified atom stereocenters. The van der Waals surface area contributed by atoms with E-state index in [4.69, 9.17) is 0 Å². The van der Waals surface area contributed by atoms with Crippen molar-refractivity contribution in [2.75, 3.05) is 0 Å². The molecule has 0 fully saturated rings. The fourth-order valence-corrected chi connectivity index (χ4v) is 0.328. The second-order valence-electron chi connectivity index (χ2n) is 1.88. The van der Waals surface area contributed by atoms with Crippen molar-refractivity contribution in [1.82, 2.24) is 5.32 Å². The molecule has 0 bridgehead atoms. The highest BCUT2D eigenvalue weighted by atomic mass is 19.4. The molecule has 0 aromatic carbocycles. The maximum atomic E-state index is 11.6. The summed E-state index contributed by atoms with van der Waals surface area (Å²) in [5.41, 5.74) is -0.762. The zero-order chi connectivity index (χ0) is 8.36. The third kappa shape index (κ3) is 3.17. The minimum absolute atomic E-state index is 0.224. The standard InChI is InChI=1S/C6H8F3N/c1-4(2)10-5(3)6(7,8)9/h10H,1,3H2,2H3. The van der Waals surface area contributed by atoms with Crippen LogP contribution in [0.3, 0.4) is 0 Å². The number of nitrogens with one attached hydrogen (secondary N) is 1. The minimum atomic E-state index is -4.38. The van der Waals surface area contributed by atoms with Crippen molar-refractivity contribution in [2.24, 2.45) is 0 Å². The Balaban J connectivity index is 3.99. The van der Waals surface area contributed by atoms with Crippen molar-refractivity contribution in [3.63, 3.8) is 0 Å². The fourth-order valence-electron chi connectivity index (χ4n) is 0.328. The van der Waals surface area contributed by atoms with Crippen LogP contribution in [-0.2, 0) is 0 Å². The summed E-state index contributed by atoms with van der Waals surface area (Å²) in [6, 6.07) is 0. The average molecular weight is 151 g/mol. The van der Waals surface area contributed by atoms with Crippen molar-refractivity contribution >= 4 is 0 Å². The molecule has 0 radical (unpaired) electrons. The van der Waals surface area contributed by atoms with Crippen LogP contribution in [0.2, 0.25) is 0 Å². The largest absolute Gasteiger partial charge is 0.430 e. The van der Waals surface area contributed by atoms with E-state index in [1.807, 2.05) is 5.32 Å². The molecular formula is C6H8F3N. The molecule has 10 heavy (non-hydrogen) atoms. The highest BCUT2D eigenvalue weighted by molar-refractivity contribution is 5.07. The molecule has 4 heteroatoms. The molecule has 0 saturated heterocycles. The Bertz CT molecular complexity index is 157. The Hall–Kier alpha value is -0.930. The fraction of sp³-hybridized carbons (Fsp3) is 0.333. The van der Waals surface area contributed by atoms with Gasteiger partial charge in [-0.15, -0.1) is 0 Å². The van der Waals surface area contributed by atoms with Gasteiger partial charge in [-0.1, -0.05) is 13.2 Å². The number of rotatable bonds is 2. The van der Waals surface area contributed by atoms with E-state index in [1.54, 1.807) is 0 Å². The summed E-state index contributed by atoms with van der Waals surface area (Å²) in [4.78, 5) is 0. The minimum Gasteiger partial charge on any atom is -0.356 e. The van der Waals surface area contributed by atoms with E-state index in [2.05, 4.69) is 13.2 Å². The Morgan fingerprint density at radius 1 is 1.30 bits per heavy atom. The normalized spacial score (nSPS) is 10.8. The zero-order valence-corrected chi connectivity index (χ0v) is 5.55. The maximum absolute atomic E-state index is 11.6. The van der Waals surface area contributed by atoms with Gasteiger partial charge >= 0.3 is 6.18 Å². The molecule has 0 aliphatic carbocycles. The summed E-state index contributed by atoms with van der Waals surface area (Å²) in [7, 11) is 0. The van der Waals surface area contributed by atoms with Gasteiger partial charge in [-0.25, -0.2) is 0 Å². The number of halogens is 3. The van der Waals surface area contributed by atoms with Crippen molar-refractivity contribution in [1.29, 1.82) is 0 Å². The SMILES string of the molecule is C=C(C)NC(=C)C(F)(F)F. The highest BCUT2D eigenvalue weighted by Gasteiger charge is 2.31. The Morgan fingerprint density at radius 3 is 1.80 bits per heavy atom. The molecule has 0 aliphatic heterocycles. The van der Waals surface area contributed by atoms with Crippen molar-refractivity contribution in [3.8, 4) is 0 Å². The lowest BCUT2D eigenvalue weighted by atomic mass is 10.4. The van der Waals surface area contributed by atoms with Gasteiger partial charge in [-0.3, -0.25) is 0 Å². The van der Waals surface area contributed by atoms with Crippen LogP contribution in [0.1, 0.15) is 6.92 Å². The molecule has 0 rings (SSSR count). The van der Waals surface area contributed by atoms with Crippen LogP contribution in [0.4, 0.5) is 13.2 Å². The molecule has 58 valence electrons. The van der Waals surface area contributed by atoms with Gasteiger partial charge in [-0.05, 0) is 6.92 Å². The second kappa shape index (κ2) is 2.77. The van der Waals surface area contributed by atoms with E-state index < -0.39 is 11.9 Å². The van der Waals surface area contributed by atoms with Gasteiger partial charge in [0.1, 0.15) is 5.70 Å². The molecule has 1 N–H and O–H groups in total. The summed E-state index contributed by atoms with van der Waals surface area (Å²) in [6.45, 7) is 7.43. The van der Waals surface area contributed by atoms with Gasteiger partial charge in [-0.2, -0.15) is 13.2 Å². The first kappa shape index (κ1) is 9.07. The Kier molecular flexibility index (Phi) is 2.51. The number of alkyl halides is 3. The van der Waals surface area contributed by atoms with E-state index in [-0.39, 0.29) is 5.70 Å². The van der Waals surface area contributed by atoms with Crippen LogP contribution in [-0.4, -0.2) is 6.18 Å². The van der Waals surface area contributed by atoms with Gasteiger partial charge in [0.05, 0.1) is 0 Å². The summed E-state index contributed by atoms with van der Waals surface area (Å²) in [6.07, 6.45) is -4.38. The van der Waals surface area contributed by atoms with E-state index in [1.165, 1.54) is 6.92 Å². The zero-order valence-electron chi connectivity index (χ0n) is 5.55. The van der Waals surface area contributed by atoms with Gasteiger partial charge < -0.3 is 5.32 Å². The average Bonchev–Trinajstić information content (AvgIpc) is 1.60. The first-order valence-corrected chi connectivity index (χ1v) is 2.52. The van der Waals surface area contributed by atoms with Crippen LogP contribution in [0.5, 0.6) is 0 Å². The topological polar surface area (TPSA) is 12.0 Å². The van der Waals surface area contributed by atoms with Crippen molar-refractivity contribution in [2.45, 2.75) is 13.1 Å². The molecule has 0 saturated carbocycles. The molecule has 0 amide bonds. The molecule has 0 aromatic rings. The summed E-state index contributed by atoms with van der Waals surface area (Å²) in [5, 5.41) is 1.97. The predicted molar refractivity (Wildman–Crippen MR) is 33.1 cm³/mol. The second-order valence-corrected chi connectivity index (χ2v) is 1.88. The third-order valence-corrected chi connectivity index (χ3v) is 0.706. The summed E-state index contributed by atoms with van der Waals surface area (Å²) < 4.78 is 34.8. The molecule has 0 aromatic heterocycles. The van der Waals surface area contributed by atoms with Crippen LogP contribution in [0.25, 0.3) is 0 Å². The van der Waals surface area contributed by atoms with Gasteiger partial charge in [0, 0.05) is 5.70 Å². The van der Waals surface area contributed by atoms with Gasteiger partial charge in [0.2, 0.25) is 0 Å². The summed E-state index contributed by atoms with van der Waals surface area (Å²) >= 11 is 0. The molecule has 0 atom stereocenters. The van der Waals surface area contributed by atoms with Crippen molar-refractivity contribution in [3.05, 3.63) is 24.6 Å². The first-order valence-electron chi connectivity index (χ1n) is 2.52. The molecular weight excluding hydrogens is 143 g/mol. The van der Waals surface area contributed by atoms with Crippen LogP contribution >= 0.6 is 0 Å². The Morgan fingerprint density at radius 2 is 1.70 bits per heavy atom. The Labute approximate surface area is 57.2 Å². The van der Waals surface area contributed by atoms with Crippen LogP contribution < -0.4 is 5.32 Å². The number of hydrogen-bond donors (Lipinski definition) is 1. The monoisotopic (exact) mass is 151 g/mol. The van der Waals surface area contributed by atoms with E-state index in [9.17, 15) is 13.2 Å². The number of hydrogen-bond acceptors (Lipinski definition) is 1. The summed E-state index contributed by atoms with van der Waals surface area (Å²) in [5.74, 6) is 0. The molecule has 0 spiro atoms. The van der Waals surface area contributed by atoms with E-state index in [0.717, 1.165) is 0 Å². The highest BCUT2D eigenvalue weighted by Crippen LogP contribution is 2.21. The van der Waals surface area contributed by atoms with Gasteiger partial charge in [0.25, 0.3) is 0 Å². The van der Waals surface area contributed by atoms with Gasteiger partial charge in [0.15, 0.2) is 0 Å². The van der Waals surface area contributed by atoms with Crippen LogP contribution in [0, 0.1) is 0 Å². The lowest BCUT2D eigenvalue weighted by Gasteiger charge is -2.11. The van der Waals surface area contributed by atoms with E-state index in [0.29, 0.717) is 0 Å². The first-order chi connectivity index (χ1) is 4.34. The van der Waals surface area contributed by atoms with Crippen LogP contribution in [0.15, 0.2) is 24.6 Å². The smallest absolute Gasteiger partial charge is 0.356 e. The third-order valence-electron chi connectivity index (χ3n) is 0.706. The quantitative estimate of drug-likeness (QED) is 0.637. The molecule has 0 aliphatic rings. The lowest BCUT2D eigenvalue weighted by Crippen LogP contribution is -2.23. The molecule has 0 heterocycles. The van der Waals surface area contributed by atoms with Crippen molar-refractivity contribution < 1.29 is 13.2 Å².